The molecule has 0 fully saturated rings. The minimum absolute atomic E-state index is 0.479. The van der Waals surface area contributed by atoms with E-state index in [4.69, 9.17) is 19.9 Å². The van der Waals surface area contributed by atoms with Gasteiger partial charge in [0.2, 0.25) is 5.88 Å². The fraction of sp³-hybridized carbons (Fsp3) is 0.615. The first-order valence-corrected chi connectivity index (χ1v) is 6.47. The summed E-state index contributed by atoms with van der Waals surface area (Å²) in [4.78, 5) is 4.31. The van der Waals surface area contributed by atoms with Gasteiger partial charge in [0, 0.05) is 13.7 Å². The molecule has 6 heteroatoms. The van der Waals surface area contributed by atoms with Crippen LogP contribution in [0.1, 0.15) is 13.3 Å². The molecule has 108 valence electrons. The Morgan fingerprint density at radius 2 is 2.05 bits per heavy atom. The summed E-state index contributed by atoms with van der Waals surface area (Å²) in [6.45, 7) is 5.12. The lowest BCUT2D eigenvalue weighted by molar-refractivity contribution is 0.0759. The Kier molecular flexibility index (Phi) is 7.69. The summed E-state index contributed by atoms with van der Waals surface area (Å²) in [5.74, 6) is 1.21. The van der Waals surface area contributed by atoms with Gasteiger partial charge in [0.1, 0.15) is 5.82 Å². The van der Waals surface area contributed by atoms with Crippen LogP contribution in [0, 0.1) is 0 Å². The Morgan fingerprint density at radius 3 is 2.79 bits per heavy atom. The van der Waals surface area contributed by atoms with Gasteiger partial charge in [0.25, 0.3) is 0 Å². The second-order valence-electron chi connectivity index (χ2n) is 3.97. The van der Waals surface area contributed by atoms with Gasteiger partial charge in [-0.3, -0.25) is 0 Å². The molecule has 0 spiro atoms. The number of ether oxygens (including phenoxy) is 3. The minimum atomic E-state index is 0.479. The third kappa shape index (κ3) is 6.26. The minimum Gasteiger partial charge on any atom is -0.476 e. The van der Waals surface area contributed by atoms with E-state index in [1.54, 1.807) is 13.2 Å². The third-order valence-electron chi connectivity index (χ3n) is 2.32. The standard InChI is InChI=1S/C13H23N3O3/c1-3-7-19-13-11(14)4-5-12(16-13)15-6-8-18-10-9-17-2/h4-5H,3,6-10,14H2,1-2H3,(H,15,16). The Hall–Kier alpha value is -1.53. The molecule has 0 saturated carbocycles. The molecular weight excluding hydrogens is 246 g/mol. The van der Waals surface area contributed by atoms with Crippen molar-refractivity contribution in [3.05, 3.63) is 12.1 Å². The van der Waals surface area contributed by atoms with E-state index in [-0.39, 0.29) is 0 Å². The molecular formula is C13H23N3O3. The number of hydrogen-bond acceptors (Lipinski definition) is 6. The highest BCUT2D eigenvalue weighted by Gasteiger charge is 2.03. The smallest absolute Gasteiger partial charge is 0.239 e. The van der Waals surface area contributed by atoms with Crippen LogP contribution in [0.2, 0.25) is 0 Å². The van der Waals surface area contributed by atoms with Gasteiger partial charge in [0.15, 0.2) is 0 Å². The molecule has 3 N–H and O–H groups in total. The van der Waals surface area contributed by atoms with Crippen molar-refractivity contribution in [2.75, 3.05) is 51.1 Å². The fourth-order valence-electron chi connectivity index (χ4n) is 1.36. The lowest BCUT2D eigenvalue weighted by Gasteiger charge is -2.10. The number of anilines is 2. The summed E-state index contributed by atoms with van der Waals surface area (Å²) in [7, 11) is 1.65. The number of nitrogen functional groups attached to an aromatic ring is 1. The van der Waals surface area contributed by atoms with E-state index in [1.807, 2.05) is 13.0 Å². The van der Waals surface area contributed by atoms with Gasteiger partial charge in [-0.15, -0.1) is 0 Å². The first-order valence-electron chi connectivity index (χ1n) is 6.47. The van der Waals surface area contributed by atoms with Crippen LogP contribution in [0.3, 0.4) is 0 Å². The molecule has 1 heterocycles. The summed E-state index contributed by atoms with van der Waals surface area (Å²) >= 11 is 0. The predicted molar refractivity (Wildman–Crippen MR) is 75.6 cm³/mol. The Morgan fingerprint density at radius 1 is 1.21 bits per heavy atom. The van der Waals surface area contributed by atoms with Crippen molar-refractivity contribution in [1.29, 1.82) is 0 Å². The average Bonchev–Trinajstić information content (AvgIpc) is 2.43. The molecule has 1 aromatic heterocycles. The molecule has 1 rings (SSSR count). The maximum atomic E-state index is 5.79. The number of nitrogens with zero attached hydrogens (tertiary/aromatic N) is 1. The molecule has 0 amide bonds. The quantitative estimate of drug-likeness (QED) is 0.627. The van der Waals surface area contributed by atoms with Crippen LogP contribution in [-0.4, -0.2) is 45.1 Å². The number of methoxy groups -OCH3 is 1. The van der Waals surface area contributed by atoms with Crippen molar-refractivity contribution in [2.45, 2.75) is 13.3 Å². The zero-order valence-corrected chi connectivity index (χ0v) is 11.6. The van der Waals surface area contributed by atoms with Crippen molar-refractivity contribution in [3.63, 3.8) is 0 Å². The molecule has 1 aromatic rings. The molecule has 0 atom stereocenters. The highest BCUT2D eigenvalue weighted by Crippen LogP contribution is 2.20. The van der Waals surface area contributed by atoms with Crippen LogP contribution in [0.25, 0.3) is 0 Å². The third-order valence-corrected chi connectivity index (χ3v) is 2.32. The number of nitrogens with two attached hydrogens (primary N) is 1. The maximum Gasteiger partial charge on any atom is 0.239 e. The van der Waals surface area contributed by atoms with Gasteiger partial charge in [-0.2, -0.15) is 4.98 Å². The monoisotopic (exact) mass is 269 g/mol. The molecule has 0 unspecified atom stereocenters. The first kappa shape index (κ1) is 15.5. The number of nitrogens with one attached hydrogen (secondary N) is 1. The van der Waals surface area contributed by atoms with E-state index >= 15 is 0 Å². The SMILES string of the molecule is CCCOc1nc(NCCOCCOC)ccc1N. The van der Waals surface area contributed by atoms with Crippen LogP contribution in [0.5, 0.6) is 5.88 Å². The van der Waals surface area contributed by atoms with Gasteiger partial charge in [-0.25, -0.2) is 0 Å². The van der Waals surface area contributed by atoms with E-state index in [0.717, 1.165) is 12.2 Å². The number of rotatable bonds is 10. The van der Waals surface area contributed by atoms with Gasteiger partial charge in [-0.05, 0) is 18.6 Å². The molecule has 6 nitrogen and oxygen atoms in total. The van der Waals surface area contributed by atoms with E-state index in [0.29, 0.717) is 44.5 Å². The van der Waals surface area contributed by atoms with Crippen LogP contribution in [-0.2, 0) is 9.47 Å². The van der Waals surface area contributed by atoms with Gasteiger partial charge in [0.05, 0.1) is 32.1 Å². The summed E-state index contributed by atoms with van der Waals surface area (Å²) < 4.78 is 15.7. The Labute approximate surface area is 114 Å². The van der Waals surface area contributed by atoms with E-state index < -0.39 is 0 Å². The molecule has 0 saturated heterocycles. The molecule has 0 aliphatic heterocycles. The van der Waals surface area contributed by atoms with Crippen LogP contribution >= 0.6 is 0 Å². The van der Waals surface area contributed by atoms with Crippen molar-refractivity contribution < 1.29 is 14.2 Å². The molecule has 0 aliphatic rings. The molecule has 0 aromatic carbocycles. The van der Waals surface area contributed by atoms with Gasteiger partial charge >= 0.3 is 0 Å². The molecule has 0 bridgehead atoms. The Bertz CT molecular complexity index is 361. The average molecular weight is 269 g/mol. The maximum absolute atomic E-state index is 5.79. The summed E-state index contributed by atoms with van der Waals surface area (Å²) in [5.41, 5.74) is 6.34. The largest absolute Gasteiger partial charge is 0.476 e. The number of aromatic nitrogens is 1. The highest BCUT2D eigenvalue weighted by molar-refractivity contribution is 5.53. The van der Waals surface area contributed by atoms with Gasteiger partial charge < -0.3 is 25.3 Å². The van der Waals surface area contributed by atoms with Crippen molar-refractivity contribution in [2.24, 2.45) is 0 Å². The summed E-state index contributed by atoms with van der Waals surface area (Å²) in [6, 6.07) is 3.61. The summed E-state index contributed by atoms with van der Waals surface area (Å²) in [5, 5.41) is 3.15. The van der Waals surface area contributed by atoms with Crippen LogP contribution in [0.15, 0.2) is 12.1 Å². The number of pyridine rings is 1. The van der Waals surface area contributed by atoms with E-state index in [9.17, 15) is 0 Å². The van der Waals surface area contributed by atoms with Crippen molar-refractivity contribution in [1.82, 2.24) is 4.98 Å². The summed E-state index contributed by atoms with van der Waals surface area (Å²) in [6.07, 6.45) is 0.923. The fourth-order valence-corrected chi connectivity index (χ4v) is 1.36. The predicted octanol–water partition coefficient (Wildman–Crippen LogP) is 1.53. The number of hydrogen-bond donors (Lipinski definition) is 2. The molecule has 19 heavy (non-hydrogen) atoms. The lowest BCUT2D eigenvalue weighted by Crippen LogP contribution is -2.13. The normalized spacial score (nSPS) is 10.4. The van der Waals surface area contributed by atoms with Crippen LogP contribution in [0.4, 0.5) is 11.5 Å². The molecule has 0 aliphatic carbocycles. The van der Waals surface area contributed by atoms with Crippen molar-refractivity contribution >= 4 is 11.5 Å². The first-order chi connectivity index (χ1) is 9.27. The zero-order chi connectivity index (χ0) is 13.9. The molecule has 0 radical (unpaired) electrons. The second-order valence-corrected chi connectivity index (χ2v) is 3.97. The van der Waals surface area contributed by atoms with Crippen LogP contribution < -0.4 is 15.8 Å². The van der Waals surface area contributed by atoms with E-state index in [1.165, 1.54) is 0 Å². The highest BCUT2D eigenvalue weighted by atomic mass is 16.5. The van der Waals surface area contributed by atoms with Crippen molar-refractivity contribution in [3.8, 4) is 5.88 Å². The Balaban J connectivity index is 2.33. The second kappa shape index (κ2) is 9.41. The van der Waals surface area contributed by atoms with E-state index in [2.05, 4.69) is 10.3 Å². The zero-order valence-electron chi connectivity index (χ0n) is 11.6. The topological polar surface area (TPSA) is 78.6 Å². The lowest BCUT2D eigenvalue weighted by atomic mass is 10.4. The van der Waals surface area contributed by atoms with Gasteiger partial charge in [-0.1, -0.05) is 6.92 Å².